The molecular formula is C23H46O4. The number of aliphatic hydroxyl groups excluding tert-OH is 2. The fourth-order valence-corrected chi connectivity index (χ4v) is 2.57. The van der Waals surface area contributed by atoms with E-state index in [0.717, 1.165) is 12.8 Å². The summed E-state index contributed by atoms with van der Waals surface area (Å²) in [6.07, 6.45) is 21.5. The van der Waals surface area contributed by atoms with Gasteiger partial charge >= 0.3 is 5.97 Å². The van der Waals surface area contributed by atoms with Crippen molar-refractivity contribution in [1.82, 2.24) is 0 Å². The molecule has 162 valence electrons. The molecule has 27 heavy (non-hydrogen) atoms. The Bertz CT molecular complexity index is 314. The van der Waals surface area contributed by atoms with Crippen LogP contribution in [0.1, 0.15) is 111 Å². The topological polar surface area (TPSA) is 66.8 Å². The quantitative estimate of drug-likeness (QED) is 0.184. The maximum atomic E-state index is 11.1. The molecule has 1 unspecified atom stereocenters. The van der Waals surface area contributed by atoms with Gasteiger partial charge in [-0.25, -0.2) is 0 Å². The molecule has 4 heteroatoms. The van der Waals surface area contributed by atoms with E-state index in [1.54, 1.807) is 0 Å². The van der Waals surface area contributed by atoms with E-state index in [1.165, 1.54) is 77.6 Å². The Morgan fingerprint density at radius 3 is 1.74 bits per heavy atom. The first-order valence-corrected chi connectivity index (χ1v) is 11.2. The van der Waals surface area contributed by atoms with Gasteiger partial charge in [0.15, 0.2) is 0 Å². The van der Waals surface area contributed by atoms with Crippen molar-refractivity contribution < 1.29 is 19.7 Å². The molecule has 0 aromatic carbocycles. The molecule has 0 amide bonds. The highest BCUT2D eigenvalue weighted by Crippen LogP contribution is 2.10. The molecule has 0 rings (SSSR count). The predicted molar refractivity (Wildman–Crippen MR) is 115 cm³/mol. The molecule has 0 aliphatic heterocycles. The van der Waals surface area contributed by atoms with E-state index in [1.807, 2.05) is 6.92 Å². The Balaban J connectivity index is 0. The van der Waals surface area contributed by atoms with E-state index < -0.39 is 6.10 Å². The Labute approximate surface area is 168 Å². The van der Waals surface area contributed by atoms with Gasteiger partial charge in [0.1, 0.15) is 0 Å². The van der Waals surface area contributed by atoms with Gasteiger partial charge in [0.2, 0.25) is 0 Å². The van der Waals surface area contributed by atoms with Crippen molar-refractivity contribution in [2.24, 2.45) is 0 Å². The van der Waals surface area contributed by atoms with Crippen LogP contribution in [-0.2, 0) is 9.53 Å². The first-order chi connectivity index (χ1) is 13.1. The van der Waals surface area contributed by atoms with Gasteiger partial charge in [0.05, 0.1) is 19.3 Å². The first-order valence-electron chi connectivity index (χ1n) is 11.2. The Morgan fingerprint density at radius 1 is 0.852 bits per heavy atom. The van der Waals surface area contributed by atoms with Crippen LogP contribution in [0.3, 0.4) is 0 Å². The summed E-state index contributed by atoms with van der Waals surface area (Å²) >= 11 is 0. The Hall–Kier alpha value is -0.870. The van der Waals surface area contributed by atoms with Gasteiger partial charge in [0, 0.05) is 6.42 Å². The van der Waals surface area contributed by atoms with Crippen LogP contribution >= 0.6 is 0 Å². The molecule has 0 aliphatic rings. The van der Waals surface area contributed by atoms with Crippen molar-refractivity contribution in [2.45, 2.75) is 117 Å². The van der Waals surface area contributed by atoms with Crippen LogP contribution in [-0.4, -0.2) is 35.5 Å². The number of unbranched alkanes of at least 4 members (excludes halogenated alkanes) is 11. The lowest BCUT2D eigenvalue weighted by molar-refractivity contribution is -0.143. The number of hydrogen-bond acceptors (Lipinski definition) is 4. The highest BCUT2D eigenvalue weighted by Gasteiger charge is 2.00. The largest absolute Gasteiger partial charge is 0.466 e. The van der Waals surface area contributed by atoms with E-state index in [9.17, 15) is 4.79 Å². The second kappa shape index (κ2) is 25.1. The van der Waals surface area contributed by atoms with Gasteiger partial charge < -0.3 is 14.9 Å². The van der Waals surface area contributed by atoms with Gasteiger partial charge in [-0.2, -0.15) is 0 Å². The number of hydrogen-bond donors (Lipinski definition) is 2. The van der Waals surface area contributed by atoms with Gasteiger partial charge in [-0.3, -0.25) is 4.79 Å². The minimum Gasteiger partial charge on any atom is -0.466 e. The maximum absolute atomic E-state index is 11.1. The van der Waals surface area contributed by atoms with Crippen molar-refractivity contribution in [3.63, 3.8) is 0 Å². The van der Waals surface area contributed by atoms with E-state index in [4.69, 9.17) is 14.9 Å². The van der Waals surface area contributed by atoms with Gasteiger partial charge in [-0.1, -0.05) is 70.4 Å². The number of aliphatic hydroxyl groups is 2. The molecule has 0 fully saturated rings. The van der Waals surface area contributed by atoms with Gasteiger partial charge in [-0.05, 0) is 46.0 Å². The van der Waals surface area contributed by atoms with Crippen LogP contribution in [0.2, 0.25) is 0 Å². The van der Waals surface area contributed by atoms with Crippen LogP contribution in [0.4, 0.5) is 0 Å². The van der Waals surface area contributed by atoms with Crippen molar-refractivity contribution in [3.8, 4) is 0 Å². The molecule has 0 saturated heterocycles. The first kappa shape index (κ1) is 28.3. The molecular weight excluding hydrogens is 340 g/mol. The standard InChI is InChI=1S/C20H38O2.C3H8O2/c1-3-5-6-7-8-9-10-11-12-13-14-15-16-17-18-19-20(21)22-4-2;1-3(5)2-4/h11-12H,3-10,13-19H2,1-2H3;3-5H,2H2,1H3/b12-11-;. The zero-order valence-corrected chi connectivity index (χ0v) is 18.3. The number of allylic oxidation sites excluding steroid dienone is 2. The van der Waals surface area contributed by atoms with Crippen LogP contribution in [0.5, 0.6) is 0 Å². The minimum absolute atomic E-state index is 0.0415. The van der Waals surface area contributed by atoms with Crippen molar-refractivity contribution in [2.75, 3.05) is 13.2 Å². The molecule has 0 aliphatic carbocycles. The van der Waals surface area contributed by atoms with Crippen LogP contribution in [0.25, 0.3) is 0 Å². The average Bonchev–Trinajstić information content (AvgIpc) is 2.65. The Morgan fingerprint density at radius 2 is 1.30 bits per heavy atom. The fraction of sp³-hybridized carbons (Fsp3) is 0.870. The third kappa shape index (κ3) is 30.1. The molecule has 0 aromatic rings. The summed E-state index contributed by atoms with van der Waals surface area (Å²) in [7, 11) is 0. The van der Waals surface area contributed by atoms with Crippen molar-refractivity contribution in [3.05, 3.63) is 12.2 Å². The number of esters is 1. The predicted octanol–water partition coefficient (Wildman–Crippen LogP) is 5.95. The summed E-state index contributed by atoms with van der Waals surface area (Å²) < 4.78 is 4.91. The van der Waals surface area contributed by atoms with E-state index in [0.29, 0.717) is 13.0 Å². The lowest BCUT2D eigenvalue weighted by Gasteiger charge is -2.01. The zero-order valence-electron chi connectivity index (χ0n) is 18.3. The summed E-state index contributed by atoms with van der Waals surface area (Å²) in [6.45, 7) is 6.02. The highest BCUT2D eigenvalue weighted by molar-refractivity contribution is 5.69. The summed E-state index contributed by atoms with van der Waals surface area (Å²) in [4.78, 5) is 11.1. The minimum atomic E-state index is -0.560. The van der Waals surface area contributed by atoms with E-state index in [-0.39, 0.29) is 12.6 Å². The molecule has 0 heterocycles. The van der Waals surface area contributed by atoms with Gasteiger partial charge in [0.25, 0.3) is 0 Å². The van der Waals surface area contributed by atoms with E-state index >= 15 is 0 Å². The van der Waals surface area contributed by atoms with Crippen LogP contribution in [0, 0.1) is 0 Å². The summed E-state index contributed by atoms with van der Waals surface area (Å²) in [5.74, 6) is -0.0415. The average molecular weight is 387 g/mol. The molecule has 0 radical (unpaired) electrons. The monoisotopic (exact) mass is 386 g/mol. The molecule has 0 bridgehead atoms. The molecule has 0 spiro atoms. The van der Waals surface area contributed by atoms with Crippen molar-refractivity contribution >= 4 is 5.97 Å². The number of carbonyl (C=O) groups excluding carboxylic acids is 1. The molecule has 2 N–H and O–H groups in total. The molecule has 0 aromatic heterocycles. The third-order valence-electron chi connectivity index (χ3n) is 4.21. The van der Waals surface area contributed by atoms with Gasteiger partial charge in [-0.15, -0.1) is 0 Å². The van der Waals surface area contributed by atoms with Crippen molar-refractivity contribution in [1.29, 1.82) is 0 Å². The van der Waals surface area contributed by atoms with E-state index in [2.05, 4.69) is 19.1 Å². The SMILES string of the molecule is CC(O)CO.CCCCCCCC/C=C\CCCCCCCC(=O)OCC. The summed E-state index contributed by atoms with van der Waals surface area (Å²) in [5.41, 5.74) is 0. The zero-order chi connectivity index (χ0) is 20.6. The summed E-state index contributed by atoms with van der Waals surface area (Å²) in [5, 5.41) is 16.0. The lowest BCUT2D eigenvalue weighted by atomic mass is 10.1. The lowest BCUT2D eigenvalue weighted by Crippen LogP contribution is -2.03. The number of carbonyl (C=O) groups is 1. The van der Waals surface area contributed by atoms with Crippen LogP contribution in [0.15, 0.2) is 12.2 Å². The molecule has 4 nitrogen and oxygen atoms in total. The smallest absolute Gasteiger partial charge is 0.305 e. The van der Waals surface area contributed by atoms with Crippen LogP contribution < -0.4 is 0 Å². The summed E-state index contributed by atoms with van der Waals surface area (Å²) in [6, 6.07) is 0. The normalized spacial score (nSPS) is 11.9. The second-order valence-corrected chi connectivity index (χ2v) is 7.17. The number of ether oxygens (including phenoxy) is 1. The second-order valence-electron chi connectivity index (χ2n) is 7.17. The number of rotatable bonds is 17. The highest BCUT2D eigenvalue weighted by atomic mass is 16.5. The molecule has 1 atom stereocenters. The molecule has 0 saturated carbocycles. The third-order valence-corrected chi connectivity index (χ3v) is 4.21. The maximum Gasteiger partial charge on any atom is 0.305 e. The Kier molecular flexibility index (Phi) is 26.4. The fourth-order valence-electron chi connectivity index (χ4n) is 2.57.